The number of thioether (sulfide) groups is 2. The van der Waals surface area contributed by atoms with E-state index in [1.165, 1.54) is 5.56 Å². The van der Waals surface area contributed by atoms with E-state index in [9.17, 15) is 14.7 Å². The van der Waals surface area contributed by atoms with Gasteiger partial charge in [0.2, 0.25) is 0 Å². The molecule has 0 aliphatic carbocycles. The molecule has 0 bridgehead atoms. The number of ether oxygens (including phenoxy) is 1. The molecule has 2 N–H and O–H groups in total. The molecular weight excluding hydrogens is 553 g/mol. The van der Waals surface area contributed by atoms with Gasteiger partial charge >= 0.3 is 5.97 Å². The molecule has 1 amide bonds. The van der Waals surface area contributed by atoms with Crippen LogP contribution < -0.4 is 5.32 Å². The zero-order valence-electron chi connectivity index (χ0n) is 24.0. The number of likely N-dealkylation sites (tertiary alicyclic amines) is 1. The summed E-state index contributed by atoms with van der Waals surface area (Å²) in [5.74, 6) is 0.275. The summed E-state index contributed by atoms with van der Waals surface area (Å²) in [5.41, 5.74) is 5.81. The molecule has 218 valence electrons. The number of amides is 1. The smallest absolute Gasteiger partial charge is 0.326 e. The number of hydrogen-bond donors (Lipinski definition) is 2. The molecular formula is C33H40N2O4S2. The molecule has 1 heterocycles. The van der Waals surface area contributed by atoms with Gasteiger partial charge in [-0.25, -0.2) is 4.79 Å². The third-order valence-electron chi connectivity index (χ3n) is 7.54. The van der Waals surface area contributed by atoms with E-state index in [1.54, 1.807) is 18.9 Å². The molecule has 3 aromatic rings. The van der Waals surface area contributed by atoms with Crippen molar-refractivity contribution < 1.29 is 19.4 Å². The standard InChI is InChI=1S/C33H40N2O4S2/c1-23-9-7-8-12-28(23)30-17-25(13-14-29(30)32(36)34-31(33(37)38)15-16-40-3)19-35-20-27(18-26(35)21-39-2)41-22-24-10-5-4-6-11-24/h4-14,17,26-27,31H,15-16,18-22H2,1-3H3,(H,34,36)(H,37,38)/t26-,27?,31+/m1/s1. The Hall–Kier alpha value is -2.78. The summed E-state index contributed by atoms with van der Waals surface area (Å²) in [7, 11) is 1.76. The Bertz CT molecular complexity index is 1300. The number of carbonyl (C=O) groups is 2. The third kappa shape index (κ3) is 8.61. The van der Waals surface area contributed by atoms with Gasteiger partial charge in [-0.05, 0) is 71.7 Å². The number of benzene rings is 3. The van der Waals surface area contributed by atoms with Crippen LogP contribution >= 0.6 is 23.5 Å². The fourth-order valence-electron chi connectivity index (χ4n) is 5.36. The molecule has 3 atom stereocenters. The molecule has 6 nitrogen and oxygen atoms in total. The molecule has 0 radical (unpaired) electrons. The molecule has 1 aliphatic rings. The Balaban J connectivity index is 1.56. The Labute approximate surface area is 252 Å². The Morgan fingerprint density at radius 1 is 1.05 bits per heavy atom. The van der Waals surface area contributed by atoms with Crippen molar-refractivity contribution in [2.75, 3.05) is 32.3 Å². The molecule has 0 aromatic heterocycles. The minimum Gasteiger partial charge on any atom is -0.480 e. The molecule has 1 fully saturated rings. The van der Waals surface area contributed by atoms with E-state index in [0.717, 1.165) is 47.5 Å². The number of aliphatic carboxylic acids is 1. The highest BCUT2D eigenvalue weighted by Gasteiger charge is 2.32. The number of aryl methyl sites for hydroxylation is 1. The topological polar surface area (TPSA) is 78.9 Å². The van der Waals surface area contributed by atoms with Crippen molar-refractivity contribution >= 4 is 35.4 Å². The van der Waals surface area contributed by atoms with E-state index in [1.807, 2.05) is 61.3 Å². The van der Waals surface area contributed by atoms with Crippen LogP contribution in [0.15, 0.2) is 72.8 Å². The maximum Gasteiger partial charge on any atom is 0.326 e. The van der Waals surface area contributed by atoms with Gasteiger partial charge in [-0.1, -0.05) is 60.7 Å². The van der Waals surface area contributed by atoms with Gasteiger partial charge in [-0.3, -0.25) is 9.69 Å². The van der Waals surface area contributed by atoms with Gasteiger partial charge in [0.25, 0.3) is 5.91 Å². The van der Waals surface area contributed by atoms with E-state index in [0.29, 0.717) is 35.6 Å². The van der Waals surface area contributed by atoms with Crippen molar-refractivity contribution in [3.05, 3.63) is 95.1 Å². The fraction of sp³-hybridized carbons (Fsp3) is 0.394. The van der Waals surface area contributed by atoms with Gasteiger partial charge in [-0.15, -0.1) is 0 Å². The lowest BCUT2D eigenvalue weighted by molar-refractivity contribution is -0.139. The lowest BCUT2D eigenvalue weighted by atomic mass is 9.93. The van der Waals surface area contributed by atoms with Gasteiger partial charge < -0.3 is 15.2 Å². The maximum absolute atomic E-state index is 13.4. The Morgan fingerprint density at radius 2 is 1.80 bits per heavy atom. The summed E-state index contributed by atoms with van der Waals surface area (Å²) in [6.07, 6.45) is 3.37. The zero-order valence-corrected chi connectivity index (χ0v) is 25.7. The summed E-state index contributed by atoms with van der Waals surface area (Å²) in [6, 6.07) is 24.0. The Kier molecular flexibility index (Phi) is 11.7. The molecule has 0 saturated carbocycles. The van der Waals surface area contributed by atoms with Crippen LogP contribution in [-0.4, -0.2) is 71.5 Å². The second-order valence-electron chi connectivity index (χ2n) is 10.5. The average Bonchev–Trinajstić information content (AvgIpc) is 3.35. The van der Waals surface area contributed by atoms with Gasteiger partial charge in [0.15, 0.2) is 0 Å². The van der Waals surface area contributed by atoms with Crippen LogP contribution in [0.1, 0.15) is 39.9 Å². The second-order valence-corrected chi connectivity index (χ2v) is 12.8. The highest BCUT2D eigenvalue weighted by molar-refractivity contribution is 7.99. The normalized spacial score (nSPS) is 17.8. The lowest BCUT2D eigenvalue weighted by Crippen LogP contribution is -2.41. The van der Waals surface area contributed by atoms with E-state index in [4.69, 9.17) is 4.74 Å². The number of carbonyl (C=O) groups excluding carboxylic acids is 1. The van der Waals surface area contributed by atoms with E-state index in [2.05, 4.69) is 46.6 Å². The number of nitrogens with zero attached hydrogens (tertiary/aromatic N) is 1. The first kappa shape index (κ1) is 31.2. The summed E-state index contributed by atoms with van der Waals surface area (Å²) in [4.78, 5) is 27.8. The molecule has 8 heteroatoms. The van der Waals surface area contributed by atoms with E-state index < -0.39 is 12.0 Å². The predicted octanol–water partition coefficient (Wildman–Crippen LogP) is 6.12. The van der Waals surface area contributed by atoms with Gasteiger partial charge in [0, 0.05) is 42.8 Å². The van der Waals surface area contributed by atoms with Gasteiger partial charge in [0.1, 0.15) is 6.04 Å². The summed E-state index contributed by atoms with van der Waals surface area (Å²) >= 11 is 3.57. The number of carboxylic acid groups (broad SMARTS) is 1. The largest absolute Gasteiger partial charge is 0.480 e. The zero-order chi connectivity index (χ0) is 29.2. The van der Waals surface area contributed by atoms with Crippen molar-refractivity contribution in [1.82, 2.24) is 10.2 Å². The SMILES string of the molecule is COC[C@H]1CC(SCc2ccccc2)CN1Cc1ccc(C(=O)N[C@@H](CCSC)C(=O)O)c(-c2ccccc2C)c1. The first-order valence-electron chi connectivity index (χ1n) is 14.0. The maximum atomic E-state index is 13.4. The monoisotopic (exact) mass is 592 g/mol. The molecule has 1 aliphatic heterocycles. The first-order chi connectivity index (χ1) is 19.9. The summed E-state index contributed by atoms with van der Waals surface area (Å²) < 4.78 is 5.60. The van der Waals surface area contributed by atoms with Crippen molar-refractivity contribution in [3.8, 4) is 11.1 Å². The lowest BCUT2D eigenvalue weighted by Gasteiger charge is -2.24. The number of carboxylic acids is 1. The van der Waals surface area contributed by atoms with Crippen molar-refractivity contribution in [1.29, 1.82) is 0 Å². The van der Waals surface area contributed by atoms with E-state index >= 15 is 0 Å². The van der Waals surface area contributed by atoms with Gasteiger partial charge in [0.05, 0.1) is 6.61 Å². The molecule has 1 unspecified atom stereocenters. The van der Waals surface area contributed by atoms with Crippen molar-refractivity contribution in [3.63, 3.8) is 0 Å². The predicted molar refractivity (Wildman–Crippen MR) is 171 cm³/mol. The van der Waals surface area contributed by atoms with Crippen LogP contribution in [0.3, 0.4) is 0 Å². The third-order valence-corrected chi connectivity index (χ3v) is 9.50. The van der Waals surface area contributed by atoms with Crippen LogP contribution in [0.2, 0.25) is 0 Å². The summed E-state index contributed by atoms with van der Waals surface area (Å²) in [6.45, 7) is 4.44. The van der Waals surface area contributed by atoms with Crippen LogP contribution in [0.25, 0.3) is 11.1 Å². The molecule has 1 saturated heterocycles. The molecule has 3 aromatic carbocycles. The van der Waals surface area contributed by atoms with Crippen LogP contribution in [0, 0.1) is 6.92 Å². The van der Waals surface area contributed by atoms with Gasteiger partial charge in [-0.2, -0.15) is 23.5 Å². The van der Waals surface area contributed by atoms with Crippen LogP contribution in [0.4, 0.5) is 0 Å². The minimum atomic E-state index is -1.01. The molecule has 0 spiro atoms. The number of nitrogens with one attached hydrogen (secondary N) is 1. The summed E-state index contributed by atoms with van der Waals surface area (Å²) in [5, 5.41) is 13.0. The first-order valence-corrected chi connectivity index (χ1v) is 16.4. The van der Waals surface area contributed by atoms with Crippen LogP contribution in [-0.2, 0) is 21.8 Å². The van der Waals surface area contributed by atoms with Crippen molar-refractivity contribution in [2.24, 2.45) is 0 Å². The number of rotatable bonds is 14. The highest BCUT2D eigenvalue weighted by atomic mass is 32.2. The minimum absolute atomic E-state index is 0.325. The molecule has 4 rings (SSSR count). The van der Waals surface area contributed by atoms with E-state index in [-0.39, 0.29) is 5.91 Å². The second kappa shape index (κ2) is 15.4. The average molecular weight is 593 g/mol. The quantitative estimate of drug-likeness (QED) is 0.234. The highest BCUT2D eigenvalue weighted by Crippen LogP contribution is 2.33. The molecule has 41 heavy (non-hydrogen) atoms. The Morgan fingerprint density at radius 3 is 2.51 bits per heavy atom. The fourth-order valence-corrected chi connectivity index (χ4v) is 7.10. The van der Waals surface area contributed by atoms with Crippen LogP contribution in [0.5, 0.6) is 0 Å². The van der Waals surface area contributed by atoms with Crippen molar-refractivity contribution in [2.45, 2.75) is 49.4 Å². The number of methoxy groups -OCH3 is 1. The number of hydrogen-bond acceptors (Lipinski definition) is 6.